The van der Waals surface area contributed by atoms with E-state index >= 15 is 0 Å². The molecule has 2 radical (unpaired) electrons. The average molecular weight is 118 g/mol. The summed E-state index contributed by atoms with van der Waals surface area (Å²) in [6.07, 6.45) is 1.69. The summed E-state index contributed by atoms with van der Waals surface area (Å²) in [5, 5.41) is 0. The van der Waals surface area contributed by atoms with Gasteiger partial charge in [0.1, 0.15) is 13.7 Å². The lowest BCUT2D eigenvalue weighted by Gasteiger charge is -1.97. The molecule has 0 aromatic carbocycles. The molecule has 0 spiro atoms. The molecule has 0 unspecified atom stereocenters. The van der Waals surface area contributed by atoms with Gasteiger partial charge in [0.15, 0.2) is 0 Å². The van der Waals surface area contributed by atoms with E-state index < -0.39 is 0 Å². The van der Waals surface area contributed by atoms with E-state index in [0.717, 1.165) is 5.56 Å². The van der Waals surface area contributed by atoms with Crippen LogP contribution in [0.2, 0.25) is 0 Å². The topological polar surface area (TPSA) is 38.9 Å². The third-order valence-corrected chi connectivity index (χ3v) is 1.09. The number of anilines is 1. The Labute approximate surface area is 55.5 Å². The van der Waals surface area contributed by atoms with Gasteiger partial charge in [0.05, 0.1) is 0 Å². The first-order valence-electron chi connectivity index (χ1n) is 2.68. The fourth-order valence-electron chi connectivity index (χ4n) is 0.602. The van der Waals surface area contributed by atoms with Crippen molar-refractivity contribution >= 4 is 19.1 Å². The van der Waals surface area contributed by atoms with Crippen LogP contribution < -0.4 is 11.2 Å². The number of aryl methyl sites for hydroxylation is 1. The number of hydrogen-bond acceptors (Lipinski definition) is 2. The van der Waals surface area contributed by atoms with E-state index in [1.165, 1.54) is 0 Å². The van der Waals surface area contributed by atoms with E-state index in [2.05, 4.69) is 4.98 Å². The Morgan fingerprint density at radius 1 is 1.67 bits per heavy atom. The van der Waals surface area contributed by atoms with Crippen molar-refractivity contribution in [2.24, 2.45) is 0 Å². The predicted molar refractivity (Wildman–Crippen MR) is 38.8 cm³/mol. The molecule has 1 aromatic heterocycles. The van der Waals surface area contributed by atoms with Gasteiger partial charge in [0.2, 0.25) is 0 Å². The summed E-state index contributed by atoms with van der Waals surface area (Å²) in [6.45, 7) is 1.92. The van der Waals surface area contributed by atoms with Gasteiger partial charge >= 0.3 is 0 Å². The molecule has 3 heteroatoms. The van der Waals surface area contributed by atoms with Crippen molar-refractivity contribution in [3.8, 4) is 0 Å². The highest BCUT2D eigenvalue weighted by Gasteiger charge is 1.90. The second-order valence-electron chi connectivity index (χ2n) is 1.99. The molecule has 0 aliphatic rings. The minimum Gasteiger partial charge on any atom is -0.384 e. The zero-order valence-electron chi connectivity index (χ0n) is 5.26. The van der Waals surface area contributed by atoms with Crippen LogP contribution in [0.3, 0.4) is 0 Å². The van der Waals surface area contributed by atoms with Crippen LogP contribution in [0.15, 0.2) is 12.3 Å². The number of nitrogens with zero attached hydrogens (tertiary/aromatic N) is 1. The molecule has 0 atom stereocenters. The quantitative estimate of drug-likeness (QED) is 0.477. The fraction of sp³-hybridized carbons (Fsp3) is 0.167. The normalized spacial score (nSPS) is 9.44. The summed E-state index contributed by atoms with van der Waals surface area (Å²) in [5.74, 6) is 0.403. The number of aromatic nitrogens is 1. The third-order valence-electron chi connectivity index (χ3n) is 1.09. The monoisotopic (exact) mass is 118 g/mol. The first-order chi connectivity index (χ1) is 4.20. The van der Waals surface area contributed by atoms with E-state index in [1.807, 2.05) is 6.92 Å². The molecule has 1 aromatic rings. The lowest BCUT2D eigenvalue weighted by Crippen LogP contribution is -2.11. The Morgan fingerprint density at radius 3 is 2.78 bits per heavy atom. The van der Waals surface area contributed by atoms with Gasteiger partial charge in [0.25, 0.3) is 0 Å². The summed E-state index contributed by atoms with van der Waals surface area (Å²) < 4.78 is 0. The van der Waals surface area contributed by atoms with Crippen LogP contribution in [0.4, 0.5) is 5.82 Å². The van der Waals surface area contributed by atoms with Gasteiger partial charge < -0.3 is 5.73 Å². The fourth-order valence-corrected chi connectivity index (χ4v) is 0.602. The SMILES string of the molecule is [B]c1cc(C)cnc1N. The largest absolute Gasteiger partial charge is 0.384 e. The van der Waals surface area contributed by atoms with Crippen LogP contribution in [0.1, 0.15) is 5.56 Å². The highest BCUT2D eigenvalue weighted by Crippen LogP contribution is 1.93. The van der Waals surface area contributed by atoms with Crippen LogP contribution >= 0.6 is 0 Å². The molecule has 44 valence electrons. The summed E-state index contributed by atoms with van der Waals surface area (Å²) in [7, 11) is 5.43. The standard InChI is InChI=1S/C6H7BN2/c1-4-2-5(7)6(8)9-3-4/h2-3H,1H3,(H2,8,9). The molecule has 0 saturated heterocycles. The summed E-state index contributed by atoms with van der Waals surface area (Å²) >= 11 is 0. The van der Waals surface area contributed by atoms with Crippen LogP contribution in [0.5, 0.6) is 0 Å². The summed E-state index contributed by atoms with van der Waals surface area (Å²) in [4.78, 5) is 3.83. The first kappa shape index (κ1) is 6.14. The Kier molecular flexibility index (Phi) is 1.43. The van der Waals surface area contributed by atoms with Gasteiger partial charge in [-0.3, -0.25) is 0 Å². The van der Waals surface area contributed by atoms with Crippen molar-refractivity contribution in [3.05, 3.63) is 17.8 Å². The van der Waals surface area contributed by atoms with Crippen molar-refractivity contribution in [2.75, 3.05) is 5.73 Å². The second kappa shape index (κ2) is 2.09. The van der Waals surface area contributed by atoms with Crippen molar-refractivity contribution in [3.63, 3.8) is 0 Å². The zero-order valence-corrected chi connectivity index (χ0v) is 5.26. The smallest absolute Gasteiger partial charge is 0.118 e. The van der Waals surface area contributed by atoms with Gasteiger partial charge in [0, 0.05) is 6.20 Å². The Balaban J connectivity index is 3.17. The molecular formula is C6H7BN2. The zero-order chi connectivity index (χ0) is 6.85. The Bertz CT molecular complexity index is 222. The number of rotatable bonds is 0. The highest BCUT2D eigenvalue weighted by molar-refractivity contribution is 6.35. The van der Waals surface area contributed by atoms with Crippen LogP contribution in [-0.2, 0) is 0 Å². The highest BCUT2D eigenvalue weighted by atomic mass is 14.8. The van der Waals surface area contributed by atoms with E-state index in [0.29, 0.717) is 11.3 Å². The molecule has 0 aliphatic heterocycles. The molecule has 9 heavy (non-hydrogen) atoms. The van der Waals surface area contributed by atoms with Crippen molar-refractivity contribution in [1.29, 1.82) is 0 Å². The molecule has 0 bridgehead atoms. The van der Waals surface area contributed by atoms with Gasteiger partial charge in [-0.1, -0.05) is 11.5 Å². The van der Waals surface area contributed by atoms with Crippen molar-refractivity contribution in [1.82, 2.24) is 4.98 Å². The van der Waals surface area contributed by atoms with E-state index in [9.17, 15) is 0 Å². The second-order valence-corrected chi connectivity index (χ2v) is 1.99. The van der Waals surface area contributed by atoms with Gasteiger partial charge in [-0.2, -0.15) is 0 Å². The van der Waals surface area contributed by atoms with Crippen molar-refractivity contribution < 1.29 is 0 Å². The molecular weight excluding hydrogens is 111 g/mol. The molecule has 2 N–H and O–H groups in total. The molecule has 1 heterocycles. The minimum absolute atomic E-state index is 0.403. The first-order valence-corrected chi connectivity index (χ1v) is 2.68. The van der Waals surface area contributed by atoms with Crippen LogP contribution in [0.25, 0.3) is 0 Å². The van der Waals surface area contributed by atoms with Crippen molar-refractivity contribution in [2.45, 2.75) is 6.92 Å². The molecule has 0 fully saturated rings. The van der Waals surface area contributed by atoms with E-state index in [4.69, 9.17) is 13.6 Å². The average Bonchev–Trinajstić information content (AvgIpc) is 1.80. The van der Waals surface area contributed by atoms with Crippen LogP contribution in [-0.4, -0.2) is 12.8 Å². The maximum atomic E-state index is 5.43. The lowest BCUT2D eigenvalue weighted by molar-refractivity contribution is 1.29. The number of pyridine rings is 1. The van der Waals surface area contributed by atoms with Gasteiger partial charge in [-0.05, 0) is 12.5 Å². The summed E-state index contributed by atoms with van der Waals surface area (Å²) in [5.41, 5.74) is 6.93. The number of hydrogen-bond donors (Lipinski definition) is 1. The Morgan fingerprint density at radius 2 is 2.33 bits per heavy atom. The number of nitrogen functional groups attached to an aromatic ring is 1. The summed E-state index contributed by atoms with van der Waals surface area (Å²) in [6, 6.07) is 1.79. The van der Waals surface area contributed by atoms with Gasteiger partial charge in [-0.15, -0.1) is 0 Å². The molecule has 2 nitrogen and oxygen atoms in total. The lowest BCUT2D eigenvalue weighted by atomic mass is 9.96. The molecule has 1 rings (SSSR count). The minimum atomic E-state index is 0.403. The predicted octanol–water partition coefficient (Wildman–Crippen LogP) is -0.234. The van der Waals surface area contributed by atoms with E-state index in [1.54, 1.807) is 12.3 Å². The number of nitrogens with two attached hydrogens (primary N) is 1. The van der Waals surface area contributed by atoms with Crippen LogP contribution in [0, 0.1) is 6.92 Å². The van der Waals surface area contributed by atoms with Gasteiger partial charge in [-0.25, -0.2) is 4.98 Å². The molecule has 0 aliphatic carbocycles. The Hall–Kier alpha value is -0.985. The van der Waals surface area contributed by atoms with E-state index in [-0.39, 0.29) is 0 Å². The molecule has 0 amide bonds. The maximum Gasteiger partial charge on any atom is 0.118 e. The molecule has 0 saturated carbocycles. The maximum absolute atomic E-state index is 5.43. The third kappa shape index (κ3) is 1.22.